The van der Waals surface area contributed by atoms with Gasteiger partial charge in [0.25, 0.3) is 0 Å². The minimum absolute atomic E-state index is 0.153. The van der Waals surface area contributed by atoms with Crippen molar-refractivity contribution < 1.29 is 19.7 Å². The van der Waals surface area contributed by atoms with Crippen LogP contribution in [0.2, 0.25) is 0 Å². The van der Waals surface area contributed by atoms with E-state index in [0.717, 1.165) is 29.7 Å². The molecule has 168 valence electrons. The fraction of sp³-hybridized carbons (Fsp3) is 0.444. The zero-order valence-corrected chi connectivity index (χ0v) is 19.6. The molecule has 0 heterocycles. The third kappa shape index (κ3) is 5.56. The van der Waals surface area contributed by atoms with Crippen molar-refractivity contribution in [2.45, 2.75) is 65.9 Å². The van der Waals surface area contributed by atoms with Crippen LogP contribution in [0.5, 0.6) is 11.5 Å². The first kappa shape index (κ1) is 24.7. The maximum Gasteiger partial charge on any atom is 0.142 e. The molecule has 1 atom stereocenters. The number of hydrogen-bond acceptors (Lipinski definition) is 4. The molecule has 0 aliphatic rings. The van der Waals surface area contributed by atoms with Gasteiger partial charge >= 0.3 is 0 Å². The van der Waals surface area contributed by atoms with Crippen LogP contribution < -0.4 is 4.74 Å². The van der Waals surface area contributed by atoms with Gasteiger partial charge in [0.15, 0.2) is 0 Å². The Hall–Kier alpha value is -2.59. The molecule has 4 nitrogen and oxygen atoms in total. The minimum atomic E-state index is -0.549. The van der Waals surface area contributed by atoms with Crippen LogP contribution in [0.25, 0.3) is 6.08 Å². The number of aryl methyl sites for hydroxylation is 1. The number of ether oxygens (including phenoxy) is 1. The molecule has 0 bridgehead atoms. The Morgan fingerprint density at radius 1 is 1.03 bits per heavy atom. The van der Waals surface area contributed by atoms with Crippen LogP contribution in [0.15, 0.2) is 42.5 Å². The summed E-state index contributed by atoms with van der Waals surface area (Å²) in [6, 6.07) is 11.8. The van der Waals surface area contributed by atoms with Crippen molar-refractivity contribution in [3.05, 3.63) is 64.7 Å². The summed E-state index contributed by atoms with van der Waals surface area (Å²) in [7, 11) is 0. The Labute approximate surface area is 186 Å². The van der Waals surface area contributed by atoms with Gasteiger partial charge in [0.1, 0.15) is 24.4 Å². The van der Waals surface area contributed by atoms with Crippen molar-refractivity contribution in [3.8, 4) is 11.5 Å². The molecule has 2 aromatic carbocycles. The van der Waals surface area contributed by atoms with Crippen molar-refractivity contribution in [1.82, 2.24) is 0 Å². The molecule has 2 aromatic rings. The van der Waals surface area contributed by atoms with E-state index in [9.17, 15) is 15.0 Å². The number of aliphatic hydroxyl groups is 1. The number of aldehydes is 1. The predicted molar refractivity (Wildman–Crippen MR) is 127 cm³/mol. The van der Waals surface area contributed by atoms with Gasteiger partial charge in [-0.15, -0.1) is 0 Å². The van der Waals surface area contributed by atoms with Crippen molar-refractivity contribution in [3.63, 3.8) is 0 Å². The molecule has 0 aliphatic carbocycles. The van der Waals surface area contributed by atoms with Crippen molar-refractivity contribution >= 4 is 12.4 Å². The van der Waals surface area contributed by atoms with E-state index in [2.05, 4.69) is 26.0 Å². The van der Waals surface area contributed by atoms with Gasteiger partial charge in [-0.3, -0.25) is 4.79 Å². The second kappa shape index (κ2) is 10.1. The van der Waals surface area contributed by atoms with E-state index in [1.807, 2.05) is 45.9 Å². The molecule has 0 aliphatic heterocycles. The van der Waals surface area contributed by atoms with Crippen LogP contribution >= 0.6 is 0 Å². The first-order valence-electron chi connectivity index (χ1n) is 11.0. The molecule has 0 saturated carbocycles. The molecule has 0 amide bonds. The number of hydrogen-bond donors (Lipinski definition) is 2. The SMILES string of the molecule is CCC(CC)(c1ccc(OCC(O)C(C)(C)C)c(C)c1)c1ccc(O)c(/C=C/C=O)c1. The number of aromatic hydroxyl groups is 1. The first-order valence-corrected chi connectivity index (χ1v) is 11.0. The topological polar surface area (TPSA) is 66.8 Å². The van der Waals surface area contributed by atoms with Gasteiger partial charge in [-0.2, -0.15) is 0 Å². The number of allylic oxidation sites excluding steroid dienone is 1. The Bertz CT molecular complexity index is 917. The number of aliphatic hydroxyl groups excluding tert-OH is 1. The maximum absolute atomic E-state index is 10.7. The Morgan fingerprint density at radius 3 is 2.19 bits per heavy atom. The third-order valence-electron chi connectivity index (χ3n) is 6.27. The third-order valence-corrected chi connectivity index (χ3v) is 6.27. The van der Waals surface area contributed by atoms with Gasteiger partial charge in [-0.05, 0) is 72.2 Å². The molecule has 1 unspecified atom stereocenters. The molecule has 0 fully saturated rings. The zero-order chi connectivity index (χ0) is 23.2. The van der Waals surface area contributed by atoms with Crippen LogP contribution in [-0.2, 0) is 10.2 Å². The number of phenols is 1. The van der Waals surface area contributed by atoms with Crippen LogP contribution in [0.1, 0.15) is 69.7 Å². The molecule has 0 radical (unpaired) electrons. The van der Waals surface area contributed by atoms with Gasteiger partial charge in [0, 0.05) is 11.0 Å². The summed E-state index contributed by atoms with van der Waals surface area (Å²) in [5.74, 6) is 0.925. The molecular formula is C27H36O4. The Kier molecular flexibility index (Phi) is 8.08. The second-order valence-electron chi connectivity index (χ2n) is 9.23. The summed E-state index contributed by atoms with van der Waals surface area (Å²) in [6.45, 7) is 12.6. The number of carbonyl (C=O) groups is 1. The summed E-state index contributed by atoms with van der Waals surface area (Å²) in [5.41, 5.74) is 3.45. The van der Waals surface area contributed by atoms with Crippen LogP contribution in [0.4, 0.5) is 0 Å². The highest BCUT2D eigenvalue weighted by atomic mass is 16.5. The van der Waals surface area contributed by atoms with Crippen molar-refractivity contribution in [2.24, 2.45) is 5.41 Å². The van der Waals surface area contributed by atoms with Gasteiger partial charge in [0.2, 0.25) is 0 Å². The minimum Gasteiger partial charge on any atom is -0.507 e. The van der Waals surface area contributed by atoms with E-state index in [4.69, 9.17) is 4.74 Å². The smallest absolute Gasteiger partial charge is 0.142 e. The fourth-order valence-corrected chi connectivity index (χ4v) is 3.89. The summed E-state index contributed by atoms with van der Waals surface area (Å²) < 4.78 is 5.92. The lowest BCUT2D eigenvalue weighted by Crippen LogP contribution is -2.32. The number of phenolic OH excluding ortho intramolecular Hbond substituents is 1. The summed E-state index contributed by atoms with van der Waals surface area (Å²) in [6.07, 6.45) is 4.94. The van der Waals surface area contributed by atoms with Crippen molar-refractivity contribution in [2.75, 3.05) is 6.61 Å². The van der Waals surface area contributed by atoms with E-state index in [0.29, 0.717) is 11.8 Å². The normalized spacial score (nSPS) is 13.4. The summed E-state index contributed by atoms with van der Waals surface area (Å²) >= 11 is 0. The Morgan fingerprint density at radius 2 is 1.65 bits per heavy atom. The first-order chi connectivity index (χ1) is 14.6. The van der Waals surface area contributed by atoms with Crippen LogP contribution in [0.3, 0.4) is 0 Å². The van der Waals surface area contributed by atoms with Gasteiger partial charge < -0.3 is 14.9 Å². The number of benzene rings is 2. The molecule has 4 heteroatoms. The van der Waals surface area contributed by atoms with Gasteiger partial charge in [-0.1, -0.05) is 52.8 Å². The van der Waals surface area contributed by atoms with E-state index >= 15 is 0 Å². The molecule has 0 aromatic heterocycles. The summed E-state index contributed by atoms with van der Waals surface area (Å²) in [4.78, 5) is 10.7. The zero-order valence-electron chi connectivity index (χ0n) is 19.6. The standard InChI is InChI=1S/C27H36O4/c1-7-27(8-2,22-11-13-23(29)20(17-22)10-9-15-28)21-12-14-24(19(3)16-21)31-18-25(30)26(4,5)6/h9-17,25,29-30H,7-8,18H2,1-6H3/b10-9+. The lowest BCUT2D eigenvalue weighted by Gasteiger charge is -2.34. The Balaban J connectivity index is 2.42. The fourth-order valence-electron chi connectivity index (χ4n) is 3.89. The van der Waals surface area contributed by atoms with E-state index in [1.165, 1.54) is 11.6 Å². The summed E-state index contributed by atoms with van der Waals surface area (Å²) in [5, 5.41) is 20.5. The van der Waals surface area contributed by atoms with E-state index in [1.54, 1.807) is 12.1 Å². The lowest BCUT2D eigenvalue weighted by atomic mass is 9.70. The highest BCUT2D eigenvalue weighted by Gasteiger charge is 2.31. The predicted octanol–water partition coefficient (Wildman–Crippen LogP) is 5.80. The van der Waals surface area contributed by atoms with E-state index < -0.39 is 6.10 Å². The molecule has 2 rings (SSSR count). The average molecular weight is 425 g/mol. The van der Waals surface area contributed by atoms with Gasteiger partial charge in [0.05, 0.1) is 6.10 Å². The molecule has 2 N–H and O–H groups in total. The molecular weight excluding hydrogens is 388 g/mol. The maximum atomic E-state index is 10.7. The molecule has 0 spiro atoms. The lowest BCUT2D eigenvalue weighted by molar-refractivity contribution is -0.104. The molecule has 31 heavy (non-hydrogen) atoms. The highest BCUT2D eigenvalue weighted by molar-refractivity contribution is 5.75. The second-order valence-corrected chi connectivity index (χ2v) is 9.23. The number of carbonyl (C=O) groups excluding carboxylic acids is 1. The number of rotatable bonds is 9. The highest BCUT2D eigenvalue weighted by Crippen LogP contribution is 2.41. The largest absolute Gasteiger partial charge is 0.507 e. The van der Waals surface area contributed by atoms with Crippen molar-refractivity contribution in [1.29, 1.82) is 0 Å². The average Bonchev–Trinajstić information content (AvgIpc) is 2.73. The van der Waals surface area contributed by atoms with E-state index in [-0.39, 0.29) is 23.2 Å². The van der Waals surface area contributed by atoms with Crippen LogP contribution in [-0.4, -0.2) is 29.2 Å². The monoisotopic (exact) mass is 424 g/mol. The quantitative estimate of drug-likeness (QED) is 0.394. The van der Waals surface area contributed by atoms with Crippen LogP contribution in [0, 0.1) is 12.3 Å². The molecule has 0 saturated heterocycles. The van der Waals surface area contributed by atoms with Gasteiger partial charge in [-0.25, -0.2) is 0 Å².